The molecule has 0 saturated carbocycles. The third kappa shape index (κ3) is 3.20. The summed E-state index contributed by atoms with van der Waals surface area (Å²) < 4.78 is 1.84. The van der Waals surface area contributed by atoms with E-state index in [0.717, 1.165) is 17.9 Å². The van der Waals surface area contributed by atoms with Gasteiger partial charge in [0.15, 0.2) is 0 Å². The third-order valence-corrected chi connectivity index (χ3v) is 3.48. The summed E-state index contributed by atoms with van der Waals surface area (Å²) in [4.78, 5) is 11.5. The van der Waals surface area contributed by atoms with Crippen molar-refractivity contribution in [2.75, 3.05) is 0 Å². The van der Waals surface area contributed by atoms with Crippen LogP contribution in [0.4, 0.5) is 0 Å². The predicted octanol–water partition coefficient (Wildman–Crippen LogP) is 3.28. The Morgan fingerprint density at radius 2 is 2.20 bits per heavy atom. The van der Waals surface area contributed by atoms with E-state index in [0.29, 0.717) is 17.0 Å². The second kappa shape index (κ2) is 6.09. The fraction of sp³-hybridized carbons (Fsp3) is 0.333. The highest BCUT2D eigenvalue weighted by Crippen LogP contribution is 2.24. The summed E-state index contributed by atoms with van der Waals surface area (Å²) in [6.45, 7) is 4.63. The van der Waals surface area contributed by atoms with Crippen molar-refractivity contribution in [1.82, 2.24) is 9.78 Å². The molecule has 2 aromatic rings. The van der Waals surface area contributed by atoms with Gasteiger partial charge in [0.25, 0.3) is 0 Å². The van der Waals surface area contributed by atoms with Crippen LogP contribution < -0.4 is 0 Å². The summed E-state index contributed by atoms with van der Waals surface area (Å²) in [5, 5.41) is 14.4. The third-order valence-electron chi connectivity index (χ3n) is 3.25. The van der Waals surface area contributed by atoms with Gasteiger partial charge in [0.2, 0.25) is 0 Å². The Labute approximate surface area is 123 Å². The summed E-state index contributed by atoms with van der Waals surface area (Å²) in [7, 11) is 0. The van der Waals surface area contributed by atoms with Crippen molar-refractivity contribution >= 4 is 17.6 Å². The van der Waals surface area contributed by atoms with E-state index in [1.54, 1.807) is 24.3 Å². The molecule has 1 heterocycles. The second-order valence-corrected chi connectivity index (χ2v) is 5.18. The Bertz CT molecular complexity index is 622. The molecule has 0 amide bonds. The molecule has 1 aromatic carbocycles. The van der Waals surface area contributed by atoms with Crippen molar-refractivity contribution in [3.05, 3.63) is 52.3 Å². The van der Waals surface area contributed by atoms with Crippen LogP contribution in [0.1, 0.15) is 29.8 Å². The lowest BCUT2D eigenvalue weighted by molar-refractivity contribution is -0.138. The maximum atomic E-state index is 11.5. The van der Waals surface area contributed by atoms with Crippen LogP contribution >= 0.6 is 11.6 Å². The second-order valence-electron chi connectivity index (χ2n) is 4.74. The zero-order valence-corrected chi connectivity index (χ0v) is 12.3. The van der Waals surface area contributed by atoms with Gasteiger partial charge in [-0.1, -0.05) is 23.7 Å². The average molecular weight is 293 g/mol. The molecule has 1 atom stereocenters. The zero-order chi connectivity index (χ0) is 14.7. The Morgan fingerprint density at radius 1 is 1.45 bits per heavy atom. The Balaban J connectivity index is 2.33. The number of rotatable bonds is 5. The Hall–Kier alpha value is -1.81. The number of hydrogen-bond acceptors (Lipinski definition) is 2. The standard InChI is InChI=1S/C15H17ClN2O2/c1-3-18-13(7-10(2)17-18)9-14(15(19)20)11-5-4-6-12(16)8-11/h4-8,14H,3,9H2,1-2H3,(H,19,20). The van der Waals surface area contributed by atoms with E-state index in [1.807, 2.05) is 24.6 Å². The smallest absolute Gasteiger partial charge is 0.311 e. The highest BCUT2D eigenvalue weighted by Gasteiger charge is 2.22. The van der Waals surface area contributed by atoms with Gasteiger partial charge in [-0.15, -0.1) is 0 Å². The first-order valence-corrected chi connectivity index (χ1v) is 6.90. The lowest BCUT2D eigenvalue weighted by Crippen LogP contribution is -2.16. The van der Waals surface area contributed by atoms with Crippen molar-refractivity contribution in [2.45, 2.75) is 32.7 Å². The number of halogens is 1. The maximum Gasteiger partial charge on any atom is 0.311 e. The molecule has 106 valence electrons. The van der Waals surface area contributed by atoms with E-state index in [1.165, 1.54) is 0 Å². The number of aryl methyl sites for hydroxylation is 2. The molecule has 1 aromatic heterocycles. The van der Waals surface area contributed by atoms with Gasteiger partial charge in [0, 0.05) is 23.7 Å². The molecule has 2 rings (SSSR count). The van der Waals surface area contributed by atoms with Crippen molar-refractivity contribution in [3.63, 3.8) is 0 Å². The van der Waals surface area contributed by atoms with Gasteiger partial charge < -0.3 is 5.11 Å². The molecule has 0 aliphatic carbocycles. The normalized spacial score (nSPS) is 12.3. The largest absolute Gasteiger partial charge is 0.481 e. The van der Waals surface area contributed by atoms with Crippen molar-refractivity contribution in [2.24, 2.45) is 0 Å². The van der Waals surface area contributed by atoms with Crippen LogP contribution in [0.15, 0.2) is 30.3 Å². The molecule has 0 fully saturated rings. The zero-order valence-electron chi connectivity index (χ0n) is 11.5. The van der Waals surface area contributed by atoms with E-state index >= 15 is 0 Å². The van der Waals surface area contributed by atoms with Gasteiger partial charge in [0.05, 0.1) is 11.6 Å². The highest BCUT2D eigenvalue weighted by molar-refractivity contribution is 6.30. The lowest BCUT2D eigenvalue weighted by Gasteiger charge is -2.14. The number of aliphatic carboxylic acids is 1. The van der Waals surface area contributed by atoms with E-state index in [9.17, 15) is 9.90 Å². The van der Waals surface area contributed by atoms with Gasteiger partial charge in [-0.3, -0.25) is 9.48 Å². The van der Waals surface area contributed by atoms with Gasteiger partial charge in [-0.25, -0.2) is 0 Å². The minimum atomic E-state index is -0.853. The van der Waals surface area contributed by atoms with Gasteiger partial charge in [-0.05, 0) is 37.6 Å². The van der Waals surface area contributed by atoms with Crippen molar-refractivity contribution < 1.29 is 9.90 Å². The molecule has 0 aliphatic heterocycles. The number of benzene rings is 1. The molecule has 1 N–H and O–H groups in total. The molecule has 0 radical (unpaired) electrons. The maximum absolute atomic E-state index is 11.5. The Kier molecular flexibility index (Phi) is 4.45. The summed E-state index contributed by atoms with van der Waals surface area (Å²) in [6, 6.07) is 8.95. The fourth-order valence-electron chi connectivity index (χ4n) is 2.32. The molecule has 0 bridgehead atoms. The first kappa shape index (κ1) is 14.6. The van der Waals surface area contributed by atoms with Crippen molar-refractivity contribution in [3.8, 4) is 0 Å². The number of hydrogen-bond donors (Lipinski definition) is 1. The van der Waals surface area contributed by atoms with Gasteiger partial charge in [0.1, 0.15) is 0 Å². The van der Waals surface area contributed by atoms with E-state index in [4.69, 9.17) is 11.6 Å². The topological polar surface area (TPSA) is 55.1 Å². The van der Waals surface area contributed by atoms with E-state index in [2.05, 4.69) is 5.10 Å². The van der Waals surface area contributed by atoms with E-state index < -0.39 is 11.9 Å². The Morgan fingerprint density at radius 3 is 2.80 bits per heavy atom. The number of aromatic nitrogens is 2. The lowest BCUT2D eigenvalue weighted by atomic mass is 9.94. The molecule has 1 unspecified atom stereocenters. The minimum Gasteiger partial charge on any atom is -0.481 e. The predicted molar refractivity (Wildman–Crippen MR) is 78.2 cm³/mol. The van der Waals surface area contributed by atoms with Crippen molar-refractivity contribution in [1.29, 1.82) is 0 Å². The summed E-state index contributed by atoms with van der Waals surface area (Å²) in [5.74, 6) is -1.47. The van der Waals surface area contributed by atoms with Crippen LogP contribution in [-0.2, 0) is 17.8 Å². The van der Waals surface area contributed by atoms with Crippen LogP contribution in [0.2, 0.25) is 5.02 Å². The molecular formula is C15H17ClN2O2. The molecule has 4 nitrogen and oxygen atoms in total. The van der Waals surface area contributed by atoms with Gasteiger partial charge >= 0.3 is 5.97 Å². The van der Waals surface area contributed by atoms with Crippen LogP contribution in [0.25, 0.3) is 0 Å². The first-order valence-electron chi connectivity index (χ1n) is 6.53. The molecule has 5 heteroatoms. The van der Waals surface area contributed by atoms with Crippen LogP contribution in [0.3, 0.4) is 0 Å². The number of carbonyl (C=O) groups is 1. The number of carboxylic acids is 1. The number of nitrogens with zero attached hydrogens (tertiary/aromatic N) is 2. The summed E-state index contributed by atoms with van der Waals surface area (Å²) >= 11 is 5.95. The van der Waals surface area contributed by atoms with Crippen LogP contribution in [-0.4, -0.2) is 20.9 Å². The molecule has 20 heavy (non-hydrogen) atoms. The SMILES string of the molecule is CCn1nc(C)cc1CC(C(=O)O)c1cccc(Cl)c1. The molecular weight excluding hydrogens is 276 g/mol. The highest BCUT2D eigenvalue weighted by atomic mass is 35.5. The molecule has 0 aliphatic rings. The van der Waals surface area contributed by atoms with Crippen LogP contribution in [0, 0.1) is 6.92 Å². The van der Waals surface area contributed by atoms with Crippen LogP contribution in [0.5, 0.6) is 0 Å². The molecule has 0 spiro atoms. The quantitative estimate of drug-likeness (QED) is 0.920. The summed E-state index contributed by atoms with van der Waals surface area (Å²) in [5.41, 5.74) is 2.54. The molecule has 0 saturated heterocycles. The number of carboxylic acid groups (broad SMARTS) is 1. The monoisotopic (exact) mass is 292 g/mol. The van der Waals surface area contributed by atoms with Gasteiger partial charge in [-0.2, -0.15) is 5.10 Å². The minimum absolute atomic E-state index is 0.407. The van der Waals surface area contributed by atoms with E-state index in [-0.39, 0.29) is 0 Å². The average Bonchev–Trinajstić information content (AvgIpc) is 2.75. The fourth-order valence-corrected chi connectivity index (χ4v) is 2.52. The summed E-state index contributed by atoms with van der Waals surface area (Å²) in [6.07, 6.45) is 0.407. The first-order chi connectivity index (χ1) is 9.51.